The number of amides is 1. The summed E-state index contributed by atoms with van der Waals surface area (Å²) in [6, 6.07) is 17.9. The van der Waals surface area contributed by atoms with E-state index in [1.807, 2.05) is 55.5 Å². The number of para-hydroxylation sites is 1. The lowest BCUT2D eigenvalue weighted by Gasteiger charge is -2.58. The normalized spacial score (nSPS) is 31.6. The van der Waals surface area contributed by atoms with Crippen LogP contribution in [0.3, 0.4) is 0 Å². The van der Waals surface area contributed by atoms with E-state index < -0.39 is 7.12 Å². The largest absolute Gasteiger partial charge is 0.482 e. The maximum Gasteiger partial charge on any atom is 0.482 e. The van der Waals surface area contributed by atoms with E-state index in [1.54, 1.807) is 6.26 Å². The van der Waals surface area contributed by atoms with E-state index in [1.165, 1.54) is 6.42 Å². The number of rotatable bonds is 6. The predicted molar refractivity (Wildman–Crippen MR) is 132 cm³/mol. The molecule has 1 aromatic heterocycles. The number of benzene rings is 2. The number of hydrogen-bond acceptors (Lipinski definition) is 4. The second-order valence-electron chi connectivity index (χ2n) is 10.7. The van der Waals surface area contributed by atoms with Gasteiger partial charge >= 0.3 is 7.12 Å². The van der Waals surface area contributed by atoms with E-state index in [0.717, 1.165) is 34.4 Å². The van der Waals surface area contributed by atoms with Crippen LogP contribution in [-0.4, -0.2) is 30.7 Å². The Morgan fingerprint density at radius 1 is 1.15 bits per heavy atom. The Bertz CT molecular complexity index is 1200. The van der Waals surface area contributed by atoms with Crippen LogP contribution in [0.1, 0.15) is 50.7 Å². The molecule has 2 bridgehead atoms. The van der Waals surface area contributed by atoms with Crippen LogP contribution in [-0.2, 0) is 20.5 Å². The Balaban J connectivity index is 1.27. The van der Waals surface area contributed by atoms with Gasteiger partial charge in [0.25, 0.3) is 0 Å². The molecule has 1 aliphatic heterocycles. The van der Waals surface area contributed by atoms with Gasteiger partial charge in [0.05, 0.1) is 29.8 Å². The van der Waals surface area contributed by atoms with Gasteiger partial charge in [0.2, 0.25) is 5.91 Å². The van der Waals surface area contributed by atoms with Crippen molar-refractivity contribution in [2.45, 2.75) is 63.6 Å². The Morgan fingerprint density at radius 2 is 1.91 bits per heavy atom. The summed E-state index contributed by atoms with van der Waals surface area (Å²) in [5, 5.41) is 4.36. The molecule has 1 amide bonds. The average molecular weight is 457 g/mol. The van der Waals surface area contributed by atoms with Crippen molar-refractivity contribution in [1.82, 2.24) is 5.32 Å². The van der Waals surface area contributed by atoms with Crippen molar-refractivity contribution < 1.29 is 18.5 Å². The summed E-state index contributed by atoms with van der Waals surface area (Å²) in [6.45, 7) is 6.51. The van der Waals surface area contributed by atoms with Crippen LogP contribution in [0.15, 0.2) is 65.3 Å². The molecule has 0 spiro atoms. The molecule has 34 heavy (non-hydrogen) atoms. The van der Waals surface area contributed by atoms with Crippen molar-refractivity contribution in [3.63, 3.8) is 0 Å². The van der Waals surface area contributed by atoms with Crippen molar-refractivity contribution in [2.24, 2.45) is 17.8 Å². The quantitative estimate of drug-likeness (QED) is 0.521. The molecule has 6 heteroatoms. The van der Waals surface area contributed by atoms with Crippen molar-refractivity contribution in [1.29, 1.82) is 0 Å². The molecular weight excluding hydrogens is 425 g/mol. The van der Waals surface area contributed by atoms with Crippen molar-refractivity contribution in [2.75, 3.05) is 0 Å². The highest BCUT2D eigenvalue weighted by atomic mass is 16.7. The van der Waals surface area contributed by atoms with E-state index in [0.29, 0.717) is 18.3 Å². The zero-order chi connectivity index (χ0) is 23.4. The van der Waals surface area contributed by atoms with Gasteiger partial charge in [-0.2, -0.15) is 0 Å². The van der Waals surface area contributed by atoms with Crippen LogP contribution < -0.4 is 5.32 Å². The van der Waals surface area contributed by atoms with E-state index in [-0.39, 0.29) is 29.5 Å². The van der Waals surface area contributed by atoms with Gasteiger partial charge < -0.3 is 19.0 Å². The Morgan fingerprint density at radius 3 is 2.71 bits per heavy atom. The summed E-state index contributed by atoms with van der Waals surface area (Å²) in [5.74, 6) is 1.33. The minimum absolute atomic E-state index is 0.0195. The van der Waals surface area contributed by atoms with Crippen LogP contribution in [0.4, 0.5) is 0 Å². The highest BCUT2D eigenvalue weighted by molar-refractivity contribution is 6.48. The maximum absolute atomic E-state index is 13.4. The standard InChI is InChI=1S/C28H32BNO4/c1-17-20-13-23(17)28(3)25(14-20)33-29(34-28)26(15-21-16-32-24-12-8-7-11-22(21)24)30-27(31)18(2)19-9-5-4-6-10-19/h4-12,16-18,20,23,25-26H,13-15H2,1-3H3,(H,30,31)/t17-,18+,20+,23+,25-,26+,28+/m1/s1. The van der Waals surface area contributed by atoms with Crippen LogP contribution in [0.2, 0.25) is 0 Å². The van der Waals surface area contributed by atoms with Gasteiger partial charge in [-0.05, 0) is 68.1 Å². The van der Waals surface area contributed by atoms with Crippen molar-refractivity contribution >= 4 is 24.0 Å². The van der Waals surface area contributed by atoms with Crippen LogP contribution in [0.25, 0.3) is 11.0 Å². The average Bonchev–Trinajstić information content (AvgIpc) is 3.43. The minimum Gasteiger partial charge on any atom is -0.464 e. The molecular formula is C28H32BNO4. The number of furan rings is 1. The first-order valence-electron chi connectivity index (χ1n) is 12.6. The van der Waals surface area contributed by atoms with E-state index in [4.69, 9.17) is 13.7 Å². The van der Waals surface area contributed by atoms with Gasteiger partial charge in [0, 0.05) is 5.39 Å². The molecule has 3 aliphatic carbocycles. The summed E-state index contributed by atoms with van der Waals surface area (Å²) in [5.41, 5.74) is 2.61. The van der Waals surface area contributed by atoms with Crippen LogP contribution in [0, 0.1) is 17.8 Å². The molecule has 5 nitrogen and oxygen atoms in total. The molecule has 2 heterocycles. The lowest BCUT2D eigenvalue weighted by molar-refractivity contribution is -0.152. The first kappa shape index (κ1) is 21.9. The maximum atomic E-state index is 13.4. The Hall–Kier alpha value is -2.57. The van der Waals surface area contributed by atoms with E-state index >= 15 is 0 Å². The SMILES string of the molecule is C[C@@H]1[C@@H]2C[C@H]3OB([C@H](Cc4coc5ccccc45)NC(=O)[C@@H](C)c4ccccc4)O[C@@]3(C)[C@H]1C2. The topological polar surface area (TPSA) is 60.7 Å². The molecule has 3 saturated carbocycles. The fourth-order valence-corrected chi connectivity index (χ4v) is 6.52. The molecule has 7 rings (SSSR count). The van der Waals surface area contributed by atoms with Crippen molar-refractivity contribution in [3.8, 4) is 0 Å². The molecule has 2 aromatic carbocycles. The Labute approximate surface area is 201 Å². The smallest absolute Gasteiger partial charge is 0.464 e. The number of fused-ring (bicyclic) bond motifs is 1. The molecule has 4 fully saturated rings. The number of hydrogen-bond donors (Lipinski definition) is 1. The molecule has 1 N–H and O–H groups in total. The summed E-state index contributed by atoms with van der Waals surface area (Å²) in [7, 11) is -0.484. The minimum atomic E-state index is -0.484. The van der Waals surface area contributed by atoms with Gasteiger partial charge in [-0.1, -0.05) is 55.5 Å². The first-order valence-corrected chi connectivity index (χ1v) is 12.6. The fourth-order valence-electron chi connectivity index (χ4n) is 6.52. The number of nitrogens with one attached hydrogen (secondary N) is 1. The molecule has 7 atom stereocenters. The third-order valence-corrected chi connectivity index (χ3v) is 8.85. The van der Waals surface area contributed by atoms with Gasteiger partial charge in [-0.25, -0.2) is 0 Å². The molecule has 176 valence electrons. The summed E-state index contributed by atoms with van der Waals surface area (Å²) < 4.78 is 19.1. The number of carbonyl (C=O) groups excluding carboxylic acids is 1. The molecule has 1 saturated heterocycles. The lowest BCUT2D eigenvalue weighted by atomic mass is 9.51. The monoisotopic (exact) mass is 457 g/mol. The first-order chi connectivity index (χ1) is 16.4. The zero-order valence-corrected chi connectivity index (χ0v) is 20.1. The predicted octanol–water partition coefficient (Wildman–Crippen LogP) is 5.14. The Kier molecular flexibility index (Phi) is 5.34. The molecule has 3 aromatic rings. The van der Waals surface area contributed by atoms with Crippen LogP contribution >= 0.6 is 0 Å². The van der Waals surface area contributed by atoms with Gasteiger partial charge in [-0.3, -0.25) is 4.79 Å². The van der Waals surface area contributed by atoms with E-state index in [9.17, 15) is 4.79 Å². The van der Waals surface area contributed by atoms with Gasteiger partial charge in [0.1, 0.15) is 5.58 Å². The fraction of sp³-hybridized carbons (Fsp3) is 0.464. The second-order valence-corrected chi connectivity index (χ2v) is 10.7. The summed E-state index contributed by atoms with van der Waals surface area (Å²) in [4.78, 5) is 13.4. The third-order valence-electron chi connectivity index (χ3n) is 8.85. The van der Waals surface area contributed by atoms with Crippen LogP contribution in [0.5, 0.6) is 0 Å². The van der Waals surface area contributed by atoms with Gasteiger partial charge in [0.15, 0.2) is 0 Å². The van der Waals surface area contributed by atoms with Crippen molar-refractivity contribution in [3.05, 3.63) is 72.0 Å². The summed E-state index contributed by atoms with van der Waals surface area (Å²) >= 11 is 0. The second kappa shape index (κ2) is 8.28. The highest BCUT2D eigenvalue weighted by Crippen LogP contribution is 2.59. The third kappa shape index (κ3) is 3.50. The molecule has 4 aliphatic rings. The van der Waals surface area contributed by atoms with Gasteiger partial charge in [-0.15, -0.1) is 0 Å². The number of carbonyl (C=O) groups is 1. The zero-order valence-electron chi connectivity index (χ0n) is 20.1. The lowest BCUT2D eigenvalue weighted by Crippen LogP contribution is -2.60. The molecule has 0 radical (unpaired) electrons. The molecule has 0 unspecified atom stereocenters. The highest BCUT2D eigenvalue weighted by Gasteiger charge is 2.64. The summed E-state index contributed by atoms with van der Waals surface area (Å²) in [6.07, 6.45) is 4.73. The van der Waals surface area contributed by atoms with E-state index in [2.05, 4.69) is 25.2 Å².